The zero-order valence-corrected chi connectivity index (χ0v) is 14.9. The lowest BCUT2D eigenvalue weighted by atomic mass is 10.1. The third-order valence-corrected chi connectivity index (χ3v) is 4.82. The second kappa shape index (κ2) is 8.76. The van der Waals surface area contributed by atoms with Gasteiger partial charge in [0.2, 0.25) is 0 Å². The Morgan fingerprint density at radius 1 is 1.20 bits per heavy atom. The zero-order valence-electron chi connectivity index (χ0n) is 14.9. The fourth-order valence-corrected chi connectivity index (χ4v) is 3.42. The van der Waals surface area contributed by atoms with Crippen LogP contribution >= 0.6 is 0 Å². The molecule has 0 bridgehead atoms. The van der Waals surface area contributed by atoms with Crippen molar-refractivity contribution in [3.63, 3.8) is 0 Å². The van der Waals surface area contributed by atoms with Gasteiger partial charge in [0, 0.05) is 24.7 Å². The van der Waals surface area contributed by atoms with Gasteiger partial charge in [0.1, 0.15) is 12.7 Å². The first-order valence-electron chi connectivity index (χ1n) is 9.21. The van der Waals surface area contributed by atoms with E-state index in [1.54, 1.807) is 11.0 Å². The van der Waals surface area contributed by atoms with Crippen molar-refractivity contribution in [3.8, 4) is 5.69 Å². The number of amides is 1. The quantitative estimate of drug-likeness (QED) is 0.626. The maximum Gasteiger partial charge on any atom is 0.251 e. The molecule has 134 valence electrons. The fourth-order valence-electron chi connectivity index (χ4n) is 3.42. The molecule has 6 heteroatoms. The van der Waals surface area contributed by atoms with E-state index in [0.29, 0.717) is 18.2 Å². The summed E-state index contributed by atoms with van der Waals surface area (Å²) in [6, 6.07) is 6.25. The van der Waals surface area contributed by atoms with Crippen LogP contribution in [0.1, 0.15) is 54.4 Å². The van der Waals surface area contributed by atoms with Crippen LogP contribution in [0.4, 0.5) is 0 Å². The highest BCUT2D eigenvalue weighted by atomic mass is 16.1. The molecule has 25 heavy (non-hydrogen) atoms. The van der Waals surface area contributed by atoms with Crippen molar-refractivity contribution >= 4 is 5.91 Å². The maximum absolute atomic E-state index is 12.3. The number of carbonyl (C=O) groups excluding carboxylic acids is 1. The van der Waals surface area contributed by atoms with E-state index < -0.39 is 0 Å². The Kier molecular flexibility index (Phi) is 6.17. The van der Waals surface area contributed by atoms with Gasteiger partial charge in [-0.05, 0) is 43.5 Å². The number of hydrogen-bond acceptors (Lipinski definition) is 4. The minimum Gasteiger partial charge on any atom is -0.351 e. The van der Waals surface area contributed by atoms with Gasteiger partial charge in [-0.25, -0.2) is 9.67 Å². The standard InChI is InChI=1S/C19H27N5O/c1-15-12-16(8-9-18(15)24-14-20-13-23-24)19(25)22-11-10-21-17-6-4-2-3-5-7-17/h8-9,12-14,17,21H,2-7,10-11H2,1H3,(H,22,25). The van der Waals surface area contributed by atoms with Crippen molar-refractivity contribution < 1.29 is 4.79 Å². The Hall–Kier alpha value is -2.21. The molecule has 2 aromatic rings. The van der Waals surface area contributed by atoms with Crippen LogP contribution in [0.3, 0.4) is 0 Å². The molecule has 1 aliphatic carbocycles. The van der Waals surface area contributed by atoms with Crippen LogP contribution in [0.15, 0.2) is 30.9 Å². The van der Waals surface area contributed by atoms with Crippen LogP contribution in [0.2, 0.25) is 0 Å². The maximum atomic E-state index is 12.3. The molecule has 0 unspecified atom stereocenters. The van der Waals surface area contributed by atoms with Gasteiger partial charge < -0.3 is 10.6 Å². The molecule has 1 saturated carbocycles. The van der Waals surface area contributed by atoms with E-state index in [4.69, 9.17) is 0 Å². The Morgan fingerprint density at radius 3 is 2.68 bits per heavy atom. The SMILES string of the molecule is Cc1cc(C(=O)NCCNC2CCCCCC2)ccc1-n1cncn1. The van der Waals surface area contributed by atoms with Crippen molar-refractivity contribution in [2.24, 2.45) is 0 Å². The summed E-state index contributed by atoms with van der Waals surface area (Å²) in [7, 11) is 0. The highest BCUT2D eigenvalue weighted by molar-refractivity contribution is 5.94. The third kappa shape index (κ3) is 4.89. The Bertz CT molecular complexity index is 675. The monoisotopic (exact) mass is 341 g/mol. The average Bonchev–Trinajstić information content (AvgIpc) is 3.02. The topological polar surface area (TPSA) is 71.8 Å². The number of hydrogen-bond donors (Lipinski definition) is 2. The van der Waals surface area contributed by atoms with Crippen LogP contribution < -0.4 is 10.6 Å². The van der Waals surface area contributed by atoms with Crippen molar-refractivity contribution in [1.29, 1.82) is 0 Å². The number of benzene rings is 1. The molecule has 2 N–H and O–H groups in total. The minimum absolute atomic E-state index is 0.0316. The first-order chi connectivity index (χ1) is 12.2. The van der Waals surface area contributed by atoms with E-state index in [-0.39, 0.29) is 5.91 Å². The molecule has 1 aromatic heterocycles. The molecule has 1 amide bonds. The van der Waals surface area contributed by atoms with Gasteiger partial charge in [-0.15, -0.1) is 0 Å². The first-order valence-corrected chi connectivity index (χ1v) is 9.21. The molecule has 3 rings (SSSR count). The number of carbonyl (C=O) groups is 1. The van der Waals surface area contributed by atoms with Gasteiger partial charge >= 0.3 is 0 Å². The highest BCUT2D eigenvalue weighted by Gasteiger charge is 2.12. The highest BCUT2D eigenvalue weighted by Crippen LogP contribution is 2.17. The van der Waals surface area contributed by atoms with Crippen molar-refractivity contribution in [1.82, 2.24) is 25.4 Å². The first kappa shape index (κ1) is 17.6. The molecule has 1 aromatic carbocycles. The third-order valence-electron chi connectivity index (χ3n) is 4.82. The van der Waals surface area contributed by atoms with Gasteiger partial charge in [0.05, 0.1) is 5.69 Å². The van der Waals surface area contributed by atoms with Gasteiger partial charge in [0.15, 0.2) is 0 Å². The Labute approximate surface area is 149 Å². The molecule has 1 heterocycles. The van der Waals surface area contributed by atoms with E-state index in [0.717, 1.165) is 17.8 Å². The summed E-state index contributed by atoms with van der Waals surface area (Å²) in [5.74, 6) is -0.0316. The second-order valence-corrected chi connectivity index (χ2v) is 6.74. The Morgan fingerprint density at radius 2 is 2.00 bits per heavy atom. The normalized spacial score (nSPS) is 15.7. The molecule has 0 aliphatic heterocycles. The van der Waals surface area contributed by atoms with Crippen LogP contribution in [-0.4, -0.2) is 39.8 Å². The number of nitrogens with one attached hydrogen (secondary N) is 2. The predicted molar refractivity (Wildman–Crippen MR) is 97.9 cm³/mol. The molecule has 6 nitrogen and oxygen atoms in total. The molecule has 0 atom stereocenters. The lowest BCUT2D eigenvalue weighted by molar-refractivity contribution is 0.0953. The number of nitrogens with zero attached hydrogens (tertiary/aromatic N) is 3. The van der Waals surface area contributed by atoms with E-state index in [1.165, 1.54) is 44.9 Å². The molecule has 1 fully saturated rings. The summed E-state index contributed by atoms with van der Waals surface area (Å²) in [6.07, 6.45) is 11.0. The van der Waals surface area contributed by atoms with Crippen LogP contribution in [0, 0.1) is 6.92 Å². The summed E-state index contributed by atoms with van der Waals surface area (Å²) >= 11 is 0. The molecular weight excluding hydrogens is 314 g/mol. The number of aromatic nitrogens is 3. The van der Waals surface area contributed by atoms with Crippen LogP contribution in [-0.2, 0) is 0 Å². The summed E-state index contributed by atoms with van der Waals surface area (Å²) in [5, 5.41) is 10.7. The Balaban J connectivity index is 1.47. The molecule has 0 saturated heterocycles. The van der Waals surface area contributed by atoms with Gasteiger partial charge in [-0.1, -0.05) is 25.7 Å². The van der Waals surface area contributed by atoms with Crippen molar-refractivity contribution in [2.75, 3.05) is 13.1 Å². The van der Waals surface area contributed by atoms with Crippen LogP contribution in [0.25, 0.3) is 5.69 Å². The van der Waals surface area contributed by atoms with Gasteiger partial charge in [-0.3, -0.25) is 4.79 Å². The second-order valence-electron chi connectivity index (χ2n) is 6.74. The van der Waals surface area contributed by atoms with E-state index in [1.807, 2.05) is 25.1 Å². The summed E-state index contributed by atoms with van der Waals surface area (Å²) < 4.78 is 1.70. The van der Waals surface area contributed by atoms with Gasteiger partial charge in [-0.2, -0.15) is 5.10 Å². The molecule has 0 radical (unpaired) electrons. The van der Waals surface area contributed by atoms with Gasteiger partial charge in [0.25, 0.3) is 5.91 Å². The average molecular weight is 341 g/mol. The number of aryl methyl sites for hydroxylation is 1. The van der Waals surface area contributed by atoms with E-state index in [9.17, 15) is 4.79 Å². The largest absolute Gasteiger partial charge is 0.351 e. The zero-order chi connectivity index (χ0) is 17.5. The van der Waals surface area contributed by atoms with Crippen molar-refractivity contribution in [2.45, 2.75) is 51.5 Å². The summed E-state index contributed by atoms with van der Waals surface area (Å²) in [4.78, 5) is 16.3. The number of rotatable bonds is 6. The fraction of sp³-hybridized carbons (Fsp3) is 0.526. The summed E-state index contributed by atoms with van der Waals surface area (Å²) in [5.41, 5.74) is 2.61. The molecular formula is C19H27N5O. The lowest BCUT2D eigenvalue weighted by Crippen LogP contribution is -2.36. The molecule has 1 aliphatic rings. The lowest BCUT2D eigenvalue weighted by Gasteiger charge is -2.16. The smallest absolute Gasteiger partial charge is 0.251 e. The summed E-state index contributed by atoms with van der Waals surface area (Å²) in [6.45, 7) is 3.45. The predicted octanol–water partition coefficient (Wildman–Crippen LogP) is 2.62. The molecule has 0 spiro atoms. The van der Waals surface area contributed by atoms with E-state index in [2.05, 4.69) is 20.7 Å². The minimum atomic E-state index is -0.0316. The van der Waals surface area contributed by atoms with E-state index >= 15 is 0 Å². The van der Waals surface area contributed by atoms with Crippen LogP contribution in [0.5, 0.6) is 0 Å². The van der Waals surface area contributed by atoms with Crippen molar-refractivity contribution in [3.05, 3.63) is 42.0 Å².